The number of carboxylic acids is 1. The lowest BCUT2D eigenvalue weighted by atomic mass is 10.2. The molecule has 0 spiro atoms. The number of hydrogen-bond donors (Lipinski definition) is 1. The monoisotopic (exact) mass is 296 g/mol. The van der Waals surface area contributed by atoms with E-state index in [2.05, 4.69) is 9.97 Å². The van der Waals surface area contributed by atoms with Crippen LogP contribution in [0.3, 0.4) is 0 Å². The molecular formula is C16H12N2O2S. The molecule has 0 amide bonds. The summed E-state index contributed by atoms with van der Waals surface area (Å²) in [6, 6.07) is 15.3. The third-order valence-electron chi connectivity index (χ3n) is 2.95. The van der Waals surface area contributed by atoms with Gasteiger partial charge < -0.3 is 5.11 Å². The van der Waals surface area contributed by atoms with Crippen molar-refractivity contribution in [1.29, 1.82) is 0 Å². The van der Waals surface area contributed by atoms with E-state index in [4.69, 9.17) is 5.11 Å². The average molecular weight is 296 g/mol. The molecule has 0 radical (unpaired) electrons. The zero-order chi connectivity index (χ0) is 14.7. The second-order valence-corrected chi connectivity index (χ2v) is 5.57. The van der Waals surface area contributed by atoms with Crippen molar-refractivity contribution in [1.82, 2.24) is 9.97 Å². The third kappa shape index (κ3) is 3.38. The molecule has 1 heterocycles. The van der Waals surface area contributed by atoms with Gasteiger partial charge in [-0.15, -0.1) is 0 Å². The number of benzene rings is 2. The zero-order valence-electron chi connectivity index (χ0n) is 11.1. The summed E-state index contributed by atoms with van der Waals surface area (Å²) in [5.41, 5.74) is 1.70. The number of carboxylic acid groups (broad SMARTS) is 1. The van der Waals surface area contributed by atoms with Crippen molar-refractivity contribution in [3.05, 3.63) is 60.3 Å². The maximum atomic E-state index is 10.6. The number of hydrogen-bond acceptors (Lipinski definition) is 4. The van der Waals surface area contributed by atoms with E-state index < -0.39 is 5.97 Å². The Morgan fingerprint density at radius 2 is 1.86 bits per heavy atom. The maximum absolute atomic E-state index is 10.6. The van der Waals surface area contributed by atoms with Crippen LogP contribution in [0.1, 0.15) is 5.56 Å². The quantitative estimate of drug-likeness (QED) is 0.747. The predicted octanol–water partition coefficient (Wildman–Crippen LogP) is 3.41. The Balaban J connectivity index is 1.79. The van der Waals surface area contributed by atoms with Crippen LogP contribution in [0.2, 0.25) is 0 Å². The number of para-hydroxylation sites is 1. The van der Waals surface area contributed by atoms with Gasteiger partial charge in [0.1, 0.15) is 0 Å². The summed E-state index contributed by atoms with van der Waals surface area (Å²) < 4.78 is 0. The Hall–Kier alpha value is -2.40. The van der Waals surface area contributed by atoms with Crippen LogP contribution in [-0.2, 0) is 11.2 Å². The molecule has 0 aliphatic heterocycles. The van der Waals surface area contributed by atoms with Crippen LogP contribution in [0.15, 0.2) is 64.8 Å². The Kier molecular flexibility index (Phi) is 3.83. The Morgan fingerprint density at radius 3 is 2.62 bits per heavy atom. The van der Waals surface area contributed by atoms with Crippen LogP contribution in [0.4, 0.5) is 0 Å². The molecule has 0 saturated carbocycles. The second kappa shape index (κ2) is 5.93. The molecule has 5 heteroatoms. The minimum atomic E-state index is -0.826. The van der Waals surface area contributed by atoms with Gasteiger partial charge in [-0.2, -0.15) is 0 Å². The highest BCUT2D eigenvalue weighted by atomic mass is 32.2. The predicted molar refractivity (Wildman–Crippen MR) is 81.4 cm³/mol. The summed E-state index contributed by atoms with van der Waals surface area (Å²) in [4.78, 5) is 20.5. The van der Waals surface area contributed by atoms with E-state index >= 15 is 0 Å². The summed E-state index contributed by atoms with van der Waals surface area (Å²) >= 11 is 1.46. The van der Waals surface area contributed by atoms with Gasteiger partial charge in [-0.3, -0.25) is 4.79 Å². The van der Waals surface area contributed by atoms with Gasteiger partial charge in [0.15, 0.2) is 5.16 Å². The first-order chi connectivity index (χ1) is 10.2. The smallest absolute Gasteiger partial charge is 0.307 e. The SMILES string of the molecule is O=C(O)Cc1ccc(Sc2ncc3ccccc3n2)cc1. The number of nitrogens with zero attached hydrogens (tertiary/aromatic N) is 2. The fourth-order valence-corrected chi connectivity index (χ4v) is 2.69. The number of carbonyl (C=O) groups is 1. The van der Waals surface area contributed by atoms with Crippen LogP contribution in [0.25, 0.3) is 10.9 Å². The van der Waals surface area contributed by atoms with Crippen molar-refractivity contribution in [2.45, 2.75) is 16.5 Å². The van der Waals surface area contributed by atoms with Crippen LogP contribution < -0.4 is 0 Å². The molecule has 4 nitrogen and oxygen atoms in total. The fourth-order valence-electron chi connectivity index (χ4n) is 1.96. The van der Waals surface area contributed by atoms with Gasteiger partial charge in [-0.1, -0.05) is 30.3 Å². The topological polar surface area (TPSA) is 63.1 Å². The van der Waals surface area contributed by atoms with Crippen molar-refractivity contribution in [2.75, 3.05) is 0 Å². The summed E-state index contributed by atoms with van der Waals surface area (Å²) in [6.45, 7) is 0. The van der Waals surface area contributed by atoms with E-state index in [9.17, 15) is 4.79 Å². The highest BCUT2D eigenvalue weighted by molar-refractivity contribution is 7.99. The summed E-state index contributed by atoms with van der Waals surface area (Å²) in [6.07, 6.45) is 1.85. The van der Waals surface area contributed by atoms with E-state index in [1.165, 1.54) is 11.8 Å². The van der Waals surface area contributed by atoms with Crippen molar-refractivity contribution in [2.24, 2.45) is 0 Å². The average Bonchev–Trinajstić information content (AvgIpc) is 2.49. The number of rotatable bonds is 4. The Labute approximate surface area is 125 Å². The molecule has 3 rings (SSSR count). The van der Waals surface area contributed by atoms with Crippen LogP contribution in [0, 0.1) is 0 Å². The molecule has 0 unspecified atom stereocenters. The van der Waals surface area contributed by atoms with Crippen LogP contribution >= 0.6 is 11.8 Å². The Bertz CT molecular complexity index is 788. The minimum absolute atomic E-state index is 0.0391. The fraction of sp³-hybridized carbons (Fsp3) is 0.0625. The lowest BCUT2D eigenvalue weighted by molar-refractivity contribution is -0.136. The number of aromatic nitrogens is 2. The number of fused-ring (bicyclic) bond motifs is 1. The minimum Gasteiger partial charge on any atom is -0.481 e. The Morgan fingerprint density at radius 1 is 1.10 bits per heavy atom. The molecule has 3 aromatic rings. The highest BCUT2D eigenvalue weighted by Gasteiger charge is 2.04. The molecule has 0 fully saturated rings. The van der Waals surface area contributed by atoms with Crippen molar-refractivity contribution >= 4 is 28.6 Å². The van der Waals surface area contributed by atoms with Crippen LogP contribution in [-0.4, -0.2) is 21.0 Å². The summed E-state index contributed by atoms with van der Waals surface area (Å²) in [7, 11) is 0. The van der Waals surface area contributed by atoms with Gasteiger partial charge in [0.25, 0.3) is 0 Å². The zero-order valence-corrected chi connectivity index (χ0v) is 11.9. The van der Waals surface area contributed by atoms with Crippen molar-refractivity contribution in [3.8, 4) is 0 Å². The van der Waals surface area contributed by atoms with Gasteiger partial charge in [-0.05, 0) is 35.5 Å². The molecule has 0 atom stereocenters. The van der Waals surface area contributed by atoms with Crippen molar-refractivity contribution in [3.63, 3.8) is 0 Å². The summed E-state index contributed by atoms with van der Waals surface area (Å²) in [5, 5.41) is 10.4. The molecule has 104 valence electrons. The van der Waals surface area contributed by atoms with Crippen LogP contribution in [0.5, 0.6) is 0 Å². The van der Waals surface area contributed by atoms with E-state index in [0.717, 1.165) is 21.4 Å². The largest absolute Gasteiger partial charge is 0.481 e. The lowest BCUT2D eigenvalue weighted by Crippen LogP contribution is -1.99. The lowest BCUT2D eigenvalue weighted by Gasteiger charge is -2.03. The second-order valence-electron chi connectivity index (χ2n) is 4.53. The van der Waals surface area contributed by atoms with Crippen molar-refractivity contribution < 1.29 is 9.90 Å². The highest BCUT2D eigenvalue weighted by Crippen LogP contribution is 2.26. The van der Waals surface area contributed by atoms with Gasteiger partial charge in [-0.25, -0.2) is 9.97 Å². The summed E-state index contributed by atoms with van der Waals surface area (Å²) in [5.74, 6) is -0.826. The van der Waals surface area contributed by atoms with Gasteiger partial charge >= 0.3 is 5.97 Å². The standard InChI is InChI=1S/C16H12N2O2S/c19-15(20)9-11-5-7-13(8-6-11)21-16-17-10-12-3-1-2-4-14(12)18-16/h1-8,10H,9H2,(H,19,20). The van der Waals surface area contributed by atoms with E-state index in [1.807, 2.05) is 54.7 Å². The third-order valence-corrected chi connectivity index (χ3v) is 3.84. The molecule has 0 bridgehead atoms. The van der Waals surface area contributed by atoms with E-state index in [0.29, 0.717) is 5.16 Å². The van der Waals surface area contributed by atoms with E-state index in [-0.39, 0.29) is 6.42 Å². The molecule has 1 aromatic heterocycles. The van der Waals surface area contributed by atoms with Gasteiger partial charge in [0.2, 0.25) is 0 Å². The first-order valence-electron chi connectivity index (χ1n) is 6.41. The molecule has 0 aliphatic rings. The maximum Gasteiger partial charge on any atom is 0.307 e. The molecule has 2 aromatic carbocycles. The first-order valence-corrected chi connectivity index (χ1v) is 7.23. The first kappa shape index (κ1) is 13.6. The molecule has 0 aliphatic carbocycles. The molecule has 21 heavy (non-hydrogen) atoms. The normalized spacial score (nSPS) is 10.7. The van der Waals surface area contributed by atoms with E-state index in [1.54, 1.807) is 0 Å². The number of aliphatic carboxylic acids is 1. The molecule has 1 N–H and O–H groups in total. The van der Waals surface area contributed by atoms with Gasteiger partial charge in [0.05, 0.1) is 11.9 Å². The molecule has 0 saturated heterocycles. The van der Waals surface area contributed by atoms with Gasteiger partial charge in [0, 0.05) is 16.5 Å². The molecular weight excluding hydrogens is 284 g/mol.